The summed E-state index contributed by atoms with van der Waals surface area (Å²) in [5.41, 5.74) is 1.79. The van der Waals surface area contributed by atoms with E-state index in [1.165, 1.54) is 0 Å². The minimum Gasteiger partial charge on any atom is -0.492 e. The Labute approximate surface area is 142 Å². The Morgan fingerprint density at radius 1 is 0.913 bits per heavy atom. The van der Waals surface area contributed by atoms with Gasteiger partial charge in [0, 0.05) is 11.5 Å². The van der Waals surface area contributed by atoms with Crippen LogP contribution < -0.4 is 9.47 Å². The van der Waals surface area contributed by atoms with Crippen molar-refractivity contribution in [3.05, 3.63) is 59.7 Å². The fourth-order valence-electron chi connectivity index (χ4n) is 2.12. The molecular weight excluding hydrogens is 308 g/mol. The summed E-state index contributed by atoms with van der Waals surface area (Å²) in [7, 11) is 0. The Morgan fingerprint density at radius 2 is 1.48 bits per heavy atom. The van der Waals surface area contributed by atoms with Crippen LogP contribution in [0.1, 0.15) is 22.8 Å². The van der Waals surface area contributed by atoms with Crippen molar-refractivity contribution in [1.82, 2.24) is 0 Å². The van der Waals surface area contributed by atoms with E-state index < -0.39 is 0 Å². The first-order chi connectivity index (χ1) is 11.2. The van der Waals surface area contributed by atoms with Gasteiger partial charge < -0.3 is 9.47 Å². The van der Waals surface area contributed by atoms with E-state index in [0.717, 1.165) is 22.8 Å². The van der Waals surface area contributed by atoms with Crippen molar-refractivity contribution < 1.29 is 14.3 Å². The second-order valence-corrected chi connectivity index (χ2v) is 6.35. The van der Waals surface area contributed by atoms with Crippen LogP contribution in [0.25, 0.3) is 0 Å². The van der Waals surface area contributed by atoms with Crippen molar-refractivity contribution in [2.24, 2.45) is 0 Å². The molecule has 0 aromatic heterocycles. The van der Waals surface area contributed by atoms with Gasteiger partial charge in [0.25, 0.3) is 0 Å². The summed E-state index contributed by atoms with van der Waals surface area (Å²) in [6, 6.07) is 15.4. The van der Waals surface area contributed by atoms with Gasteiger partial charge in [-0.2, -0.15) is 11.8 Å². The number of ketones is 1. The lowest BCUT2D eigenvalue weighted by molar-refractivity contribution is 0.101. The summed E-state index contributed by atoms with van der Waals surface area (Å²) in [6.07, 6.45) is 0. The SMILES string of the molecule is CC(=O)c1ccccc1OCCSCCOc1ccccc1C. The molecule has 3 nitrogen and oxygen atoms in total. The maximum absolute atomic E-state index is 11.5. The topological polar surface area (TPSA) is 35.5 Å². The third-order valence-electron chi connectivity index (χ3n) is 3.33. The molecule has 0 aliphatic rings. The summed E-state index contributed by atoms with van der Waals surface area (Å²) < 4.78 is 11.4. The van der Waals surface area contributed by atoms with Gasteiger partial charge in [0.15, 0.2) is 5.78 Å². The van der Waals surface area contributed by atoms with Crippen LogP contribution in [-0.4, -0.2) is 30.5 Å². The third-order valence-corrected chi connectivity index (χ3v) is 4.24. The molecule has 0 atom stereocenters. The van der Waals surface area contributed by atoms with Crippen molar-refractivity contribution in [3.8, 4) is 11.5 Å². The smallest absolute Gasteiger partial charge is 0.163 e. The molecule has 0 heterocycles. The molecule has 23 heavy (non-hydrogen) atoms. The molecule has 0 saturated carbocycles. The van der Waals surface area contributed by atoms with Crippen LogP contribution in [0.2, 0.25) is 0 Å². The van der Waals surface area contributed by atoms with E-state index in [-0.39, 0.29) is 5.78 Å². The van der Waals surface area contributed by atoms with Crippen molar-refractivity contribution >= 4 is 17.5 Å². The van der Waals surface area contributed by atoms with Gasteiger partial charge in [-0.05, 0) is 37.6 Å². The standard InChI is InChI=1S/C19H22O3S/c1-15-7-3-5-9-18(15)21-11-13-23-14-12-22-19-10-6-4-8-17(19)16(2)20/h3-10H,11-14H2,1-2H3. The van der Waals surface area contributed by atoms with Crippen LogP contribution in [0.15, 0.2) is 48.5 Å². The van der Waals surface area contributed by atoms with Crippen molar-refractivity contribution in [2.45, 2.75) is 13.8 Å². The van der Waals surface area contributed by atoms with Crippen LogP contribution in [-0.2, 0) is 0 Å². The zero-order chi connectivity index (χ0) is 16.5. The second kappa shape index (κ2) is 9.26. The number of ether oxygens (including phenoxy) is 2. The fraction of sp³-hybridized carbons (Fsp3) is 0.316. The highest BCUT2D eigenvalue weighted by Gasteiger charge is 2.06. The van der Waals surface area contributed by atoms with Crippen molar-refractivity contribution in [2.75, 3.05) is 24.7 Å². The van der Waals surface area contributed by atoms with Crippen LogP contribution in [0.4, 0.5) is 0 Å². The zero-order valence-electron chi connectivity index (χ0n) is 13.6. The predicted octanol–water partition coefficient (Wildman–Crippen LogP) is 4.39. The molecule has 0 aliphatic heterocycles. The van der Waals surface area contributed by atoms with E-state index in [9.17, 15) is 4.79 Å². The summed E-state index contributed by atoms with van der Waals surface area (Å²) in [6.45, 7) is 4.86. The summed E-state index contributed by atoms with van der Waals surface area (Å²) in [5, 5.41) is 0. The number of para-hydroxylation sites is 2. The molecule has 0 unspecified atom stereocenters. The van der Waals surface area contributed by atoms with Crippen LogP contribution >= 0.6 is 11.8 Å². The van der Waals surface area contributed by atoms with Gasteiger partial charge in [0.05, 0.1) is 18.8 Å². The molecule has 4 heteroatoms. The summed E-state index contributed by atoms with van der Waals surface area (Å²) >= 11 is 1.78. The predicted molar refractivity (Wildman–Crippen MR) is 95.9 cm³/mol. The number of hydrogen-bond donors (Lipinski definition) is 0. The molecule has 0 aliphatic carbocycles. The lowest BCUT2D eigenvalue weighted by Gasteiger charge is -2.10. The Hall–Kier alpha value is -1.94. The van der Waals surface area contributed by atoms with E-state index in [4.69, 9.17) is 9.47 Å². The highest BCUT2D eigenvalue weighted by Crippen LogP contribution is 2.19. The first-order valence-electron chi connectivity index (χ1n) is 7.67. The van der Waals surface area contributed by atoms with E-state index in [2.05, 4.69) is 0 Å². The molecule has 0 bridgehead atoms. The maximum Gasteiger partial charge on any atom is 0.163 e. The van der Waals surface area contributed by atoms with E-state index in [1.807, 2.05) is 49.4 Å². The highest BCUT2D eigenvalue weighted by atomic mass is 32.2. The number of thioether (sulfide) groups is 1. The fourth-order valence-corrected chi connectivity index (χ4v) is 2.73. The molecule has 0 fully saturated rings. The molecular formula is C19H22O3S. The lowest BCUT2D eigenvalue weighted by atomic mass is 10.1. The number of rotatable bonds is 9. The first-order valence-corrected chi connectivity index (χ1v) is 8.83. The molecule has 0 radical (unpaired) electrons. The average Bonchev–Trinajstić information content (AvgIpc) is 2.55. The summed E-state index contributed by atoms with van der Waals surface area (Å²) in [5.74, 6) is 3.41. The van der Waals surface area contributed by atoms with Crippen molar-refractivity contribution in [3.63, 3.8) is 0 Å². The second-order valence-electron chi connectivity index (χ2n) is 5.13. The number of hydrogen-bond acceptors (Lipinski definition) is 4. The van der Waals surface area contributed by atoms with Crippen LogP contribution in [0, 0.1) is 6.92 Å². The number of benzene rings is 2. The molecule has 122 valence electrons. The maximum atomic E-state index is 11.5. The van der Waals surface area contributed by atoms with Gasteiger partial charge in [0.1, 0.15) is 11.5 Å². The minimum absolute atomic E-state index is 0.0277. The van der Waals surface area contributed by atoms with E-state index in [0.29, 0.717) is 24.5 Å². The number of Topliss-reactive ketones (excluding diaryl/α,β-unsaturated/α-hetero) is 1. The Balaban J connectivity index is 1.63. The van der Waals surface area contributed by atoms with Crippen LogP contribution in [0.3, 0.4) is 0 Å². The number of carbonyl (C=O) groups excluding carboxylic acids is 1. The van der Waals surface area contributed by atoms with Crippen LogP contribution in [0.5, 0.6) is 11.5 Å². The number of aryl methyl sites for hydroxylation is 1. The zero-order valence-corrected chi connectivity index (χ0v) is 14.4. The van der Waals surface area contributed by atoms with Gasteiger partial charge in [-0.3, -0.25) is 4.79 Å². The lowest BCUT2D eigenvalue weighted by Crippen LogP contribution is -2.07. The average molecular weight is 330 g/mol. The Kier molecular flexibility index (Phi) is 7.01. The van der Waals surface area contributed by atoms with Gasteiger partial charge >= 0.3 is 0 Å². The molecule has 2 rings (SSSR count). The quantitative estimate of drug-likeness (QED) is 0.505. The van der Waals surface area contributed by atoms with E-state index >= 15 is 0 Å². The first kappa shape index (κ1) is 17.4. The van der Waals surface area contributed by atoms with Gasteiger partial charge in [-0.1, -0.05) is 30.3 Å². The summed E-state index contributed by atoms with van der Waals surface area (Å²) in [4.78, 5) is 11.5. The van der Waals surface area contributed by atoms with E-state index in [1.54, 1.807) is 24.8 Å². The monoisotopic (exact) mass is 330 g/mol. The normalized spacial score (nSPS) is 10.3. The molecule has 0 N–H and O–H groups in total. The minimum atomic E-state index is 0.0277. The largest absolute Gasteiger partial charge is 0.492 e. The Morgan fingerprint density at radius 3 is 2.13 bits per heavy atom. The van der Waals surface area contributed by atoms with Gasteiger partial charge in [-0.15, -0.1) is 0 Å². The third kappa shape index (κ3) is 5.64. The highest BCUT2D eigenvalue weighted by molar-refractivity contribution is 7.99. The van der Waals surface area contributed by atoms with Crippen molar-refractivity contribution in [1.29, 1.82) is 0 Å². The molecule has 0 saturated heterocycles. The molecule has 2 aromatic rings. The van der Waals surface area contributed by atoms with Gasteiger partial charge in [-0.25, -0.2) is 0 Å². The van der Waals surface area contributed by atoms with Gasteiger partial charge in [0.2, 0.25) is 0 Å². The number of carbonyl (C=O) groups is 1. The molecule has 2 aromatic carbocycles. The Bertz CT molecular complexity index is 640. The molecule has 0 spiro atoms. The molecule has 0 amide bonds.